The molecule has 1 aliphatic carbocycles. The number of hydrogen-bond donors (Lipinski definition) is 0. The average molecular weight is 964 g/mol. The molecule has 1 saturated heterocycles. The Morgan fingerprint density at radius 1 is 0.957 bits per heavy atom. The molecule has 3 aromatic carbocycles. The Morgan fingerprint density at radius 3 is 2.39 bits per heavy atom. The van der Waals surface area contributed by atoms with Crippen LogP contribution >= 0.6 is 0 Å². The fourth-order valence-corrected chi connectivity index (χ4v) is 9.27. The van der Waals surface area contributed by atoms with Crippen molar-refractivity contribution < 1.29 is 51.9 Å². The molecule has 8 atom stereocenters. The van der Waals surface area contributed by atoms with Gasteiger partial charge >= 0.3 is 11.9 Å². The van der Waals surface area contributed by atoms with E-state index in [1.54, 1.807) is 19.2 Å². The van der Waals surface area contributed by atoms with Crippen LogP contribution in [-0.2, 0) is 33.3 Å². The summed E-state index contributed by atoms with van der Waals surface area (Å²) in [5, 5.41) is 3.91. The number of methoxy groups -OCH3 is 1. The van der Waals surface area contributed by atoms with Crippen LogP contribution in [-0.4, -0.2) is 77.3 Å². The molecule has 3 aromatic rings. The molecule has 2 fully saturated rings. The Labute approximate surface area is 408 Å². The molecule has 0 aromatic heterocycles. The number of rotatable bonds is 23. The van der Waals surface area contributed by atoms with Crippen LogP contribution in [0.25, 0.3) is 10.4 Å². The third-order valence-electron chi connectivity index (χ3n) is 13.3. The molecule has 6 rings (SSSR count). The molecule has 1 saturated carbocycles. The molecule has 0 N–H and O–H groups in total. The first kappa shape index (κ1) is 52.5. The van der Waals surface area contributed by atoms with Gasteiger partial charge in [-0.05, 0) is 122 Å². The Balaban J connectivity index is 1.24. The number of benzene rings is 3. The van der Waals surface area contributed by atoms with Crippen molar-refractivity contribution >= 4 is 20.3 Å². The van der Waals surface area contributed by atoms with E-state index in [1.807, 2.05) is 110 Å². The maximum absolute atomic E-state index is 13.6. The number of allylic oxidation sites excluding steroid dienone is 3. The first-order chi connectivity index (χ1) is 33.2. The summed E-state index contributed by atoms with van der Waals surface area (Å²) in [6.07, 6.45) is 16.8. The lowest BCUT2D eigenvalue weighted by molar-refractivity contribution is -0.151. The van der Waals surface area contributed by atoms with E-state index in [1.165, 1.54) is 6.08 Å². The van der Waals surface area contributed by atoms with Crippen molar-refractivity contribution in [1.29, 1.82) is 0 Å². The molecular weight excluding hydrogens is 895 g/mol. The second-order valence-electron chi connectivity index (χ2n) is 19.1. The fraction of sp³-hybridized carbons (Fsp3) is 0.481. The second-order valence-corrected chi connectivity index (χ2v) is 23.9. The number of carbonyl (C=O) groups is 2. The molecule has 14 nitrogen and oxygen atoms in total. The largest absolute Gasteiger partial charge is 0.544 e. The second kappa shape index (κ2) is 25.2. The Kier molecular flexibility index (Phi) is 19.1. The van der Waals surface area contributed by atoms with Crippen LogP contribution in [0.15, 0.2) is 133 Å². The van der Waals surface area contributed by atoms with Crippen LogP contribution in [0.3, 0.4) is 0 Å². The summed E-state index contributed by atoms with van der Waals surface area (Å²) in [6, 6.07) is 24.2. The van der Waals surface area contributed by atoms with Crippen LogP contribution in [0.5, 0.6) is 23.0 Å². The van der Waals surface area contributed by atoms with E-state index in [4.69, 9.17) is 42.3 Å². The van der Waals surface area contributed by atoms with E-state index in [2.05, 4.69) is 50.0 Å². The van der Waals surface area contributed by atoms with Crippen LogP contribution in [0, 0.1) is 11.8 Å². The zero-order valence-electron chi connectivity index (χ0n) is 41.1. The summed E-state index contributed by atoms with van der Waals surface area (Å²) in [7, 11) is -0.490. The van der Waals surface area contributed by atoms with Gasteiger partial charge in [0.25, 0.3) is 0 Å². The van der Waals surface area contributed by atoms with Crippen LogP contribution in [0.1, 0.15) is 84.5 Å². The van der Waals surface area contributed by atoms with Gasteiger partial charge in [-0.1, -0.05) is 99.9 Å². The molecule has 0 spiro atoms. The number of hydrogen-bond acceptors (Lipinski definition) is 12. The number of azide groups is 1. The van der Waals surface area contributed by atoms with Gasteiger partial charge in [0, 0.05) is 35.4 Å². The van der Waals surface area contributed by atoms with Crippen molar-refractivity contribution in [3.8, 4) is 23.0 Å². The number of carbonyl (C=O) groups excluding carboxylic acids is 2. The Bertz CT molecular complexity index is 2270. The molecule has 0 unspecified atom stereocenters. The summed E-state index contributed by atoms with van der Waals surface area (Å²) in [4.78, 5) is 29.1. The lowest BCUT2D eigenvalue weighted by Gasteiger charge is -2.36. The molecule has 15 heteroatoms. The van der Waals surface area contributed by atoms with E-state index in [0.717, 1.165) is 49.2 Å². The van der Waals surface area contributed by atoms with Gasteiger partial charge in [-0.25, -0.2) is 9.59 Å². The van der Waals surface area contributed by atoms with E-state index in [9.17, 15) is 15.1 Å². The lowest BCUT2D eigenvalue weighted by atomic mass is 9.86. The van der Waals surface area contributed by atoms with Crippen molar-refractivity contribution in [2.45, 2.75) is 127 Å². The van der Waals surface area contributed by atoms with Gasteiger partial charge < -0.3 is 42.3 Å². The smallest absolute Gasteiger partial charge is 0.344 e. The highest BCUT2D eigenvalue weighted by Crippen LogP contribution is 2.45. The Hall–Kier alpha value is -5.83. The van der Waals surface area contributed by atoms with Crippen LogP contribution in [0.4, 0.5) is 0 Å². The van der Waals surface area contributed by atoms with Crippen LogP contribution < -0.4 is 18.6 Å². The normalized spacial score (nSPS) is 24.5. The highest BCUT2D eigenvalue weighted by Gasteiger charge is 2.49. The quantitative estimate of drug-likeness (QED) is 0.0130. The first-order valence-corrected chi connectivity index (χ1v) is 26.9. The minimum Gasteiger partial charge on any atom is -0.544 e. The third kappa shape index (κ3) is 15.6. The average Bonchev–Trinajstić information content (AvgIpc) is 3.69. The van der Waals surface area contributed by atoms with Crippen molar-refractivity contribution in [2.75, 3.05) is 27.1 Å². The van der Waals surface area contributed by atoms with E-state index >= 15 is 0 Å². The van der Waals surface area contributed by atoms with E-state index in [-0.39, 0.29) is 55.8 Å². The summed E-state index contributed by atoms with van der Waals surface area (Å²) >= 11 is 0. The molecule has 0 radical (unpaired) electrons. The number of cyclic esters (lactones) is 1. The molecule has 0 bridgehead atoms. The van der Waals surface area contributed by atoms with E-state index < -0.39 is 50.5 Å². The van der Waals surface area contributed by atoms with Crippen molar-refractivity contribution in [3.63, 3.8) is 0 Å². The maximum atomic E-state index is 13.6. The minimum absolute atomic E-state index is 0.00836. The van der Waals surface area contributed by atoms with Gasteiger partial charge in [-0.2, -0.15) is 0 Å². The number of esters is 2. The molecule has 0 amide bonds. The zero-order chi connectivity index (χ0) is 49.3. The predicted octanol–water partition coefficient (Wildman–Crippen LogP) is 12.1. The molecule has 370 valence electrons. The number of para-hydroxylation sites is 1. The van der Waals surface area contributed by atoms with Gasteiger partial charge in [0.05, 0.1) is 19.3 Å². The predicted molar refractivity (Wildman–Crippen MR) is 266 cm³/mol. The van der Waals surface area contributed by atoms with E-state index in [0.29, 0.717) is 11.5 Å². The highest BCUT2D eigenvalue weighted by molar-refractivity contribution is 6.74. The molecule has 3 aliphatic rings. The van der Waals surface area contributed by atoms with Crippen molar-refractivity contribution in [3.05, 3.63) is 143 Å². The highest BCUT2D eigenvalue weighted by atomic mass is 28.4. The summed E-state index contributed by atoms with van der Waals surface area (Å²) in [5.41, 5.74) is 8.93. The zero-order valence-corrected chi connectivity index (χ0v) is 42.1. The van der Waals surface area contributed by atoms with Gasteiger partial charge in [0.15, 0.2) is 19.7 Å². The first-order valence-electron chi connectivity index (χ1n) is 24.0. The van der Waals surface area contributed by atoms with Gasteiger partial charge in [-0.3, -0.25) is 0 Å². The topological polar surface area (TPSA) is 166 Å². The summed E-state index contributed by atoms with van der Waals surface area (Å²) in [5.74, 6) is 1.96. The molecular formula is C54H69N3O11Si. The number of nitrogens with zero attached hydrogens (tertiary/aromatic N) is 3. The van der Waals surface area contributed by atoms with Gasteiger partial charge in [0.1, 0.15) is 40.8 Å². The number of ether oxygens (including phenoxy) is 8. The molecule has 2 heterocycles. The molecule has 69 heavy (non-hydrogen) atoms. The fourth-order valence-electron chi connectivity index (χ4n) is 8.24. The Morgan fingerprint density at radius 2 is 1.68 bits per heavy atom. The SMILES string of the molecule is CC[C@H]1C=CC(=O)O[C@H]1/C=C/[C@@]1(CCN=[N+]=[N-])O[C@H](c2ccc(O[Si](C)(C)C(C)(C)C)cc2)O[C@@H]1C[C@H](/C=C\C=C/[C@@H]1CCC[C@H](OCOc2ccc(OC)cc2)C1)OC(=O)COc1ccccc1. The summed E-state index contributed by atoms with van der Waals surface area (Å²) in [6.45, 7) is 12.9. The van der Waals surface area contributed by atoms with Crippen LogP contribution in [0.2, 0.25) is 18.1 Å². The third-order valence-corrected chi connectivity index (χ3v) is 17.6. The lowest BCUT2D eigenvalue weighted by Crippen LogP contribution is -2.43. The monoisotopic (exact) mass is 963 g/mol. The van der Waals surface area contributed by atoms with Crippen molar-refractivity contribution in [1.82, 2.24) is 0 Å². The minimum atomic E-state index is -2.12. The molecule has 2 aliphatic heterocycles. The standard InChI is InChI=1S/C54H69N3O11Si/c1-8-40-23-30-50(58)65-48(40)31-32-54(33-34-56-57-55)49(66-52(67-54)41-21-24-45(25-22-41)68-69(6,7)53(2,3)4)36-47(64-51(59)37-61-43-17-10-9-11-18-43)19-13-12-15-39-16-14-20-46(35-39)63-38-62-44-28-26-42(60-5)27-29-44/h9-13,15,17-19,21-32,39-40,46-49,52H,8,14,16,20,33-38H2,1-7H3/b15-12-,19-13-,32-31+/t39-,40+,46+,47+,48+,49-,52-,54+/m1/s1. The van der Waals surface area contributed by atoms with Gasteiger partial charge in [-0.15, -0.1) is 0 Å². The summed E-state index contributed by atoms with van der Waals surface area (Å²) < 4.78 is 55.3. The van der Waals surface area contributed by atoms with Gasteiger partial charge in [0.2, 0.25) is 8.32 Å². The maximum Gasteiger partial charge on any atom is 0.344 e. The van der Waals surface area contributed by atoms with Crippen molar-refractivity contribution in [2.24, 2.45) is 17.0 Å².